The van der Waals surface area contributed by atoms with Gasteiger partial charge in [-0.05, 0) is 25.0 Å². The number of fused-ring (bicyclic) bond motifs is 1. The van der Waals surface area contributed by atoms with Crippen LogP contribution in [0.1, 0.15) is 52.7 Å². The van der Waals surface area contributed by atoms with E-state index >= 15 is 0 Å². The first kappa shape index (κ1) is 16.2. The normalized spacial score (nSPS) is 13.8. The summed E-state index contributed by atoms with van der Waals surface area (Å²) in [5, 5.41) is 2.82. The minimum absolute atomic E-state index is 0.224. The van der Waals surface area contributed by atoms with Crippen LogP contribution in [-0.2, 0) is 6.42 Å². The average Bonchev–Trinajstić information content (AvgIpc) is 2.95. The van der Waals surface area contributed by atoms with Crippen molar-refractivity contribution >= 4 is 17.5 Å². The van der Waals surface area contributed by atoms with E-state index in [0.717, 1.165) is 24.9 Å². The molecule has 1 N–H and O–H groups in total. The summed E-state index contributed by atoms with van der Waals surface area (Å²) in [6.45, 7) is 3.24. The summed E-state index contributed by atoms with van der Waals surface area (Å²) >= 11 is 0. The highest BCUT2D eigenvalue weighted by Crippen LogP contribution is 2.25. The topological polar surface area (TPSA) is 75.4 Å². The van der Waals surface area contributed by atoms with E-state index in [4.69, 9.17) is 4.42 Å². The molecule has 0 aromatic carbocycles. The van der Waals surface area contributed by atoms with Crippen molar-refractivity contribution in [2.75, 3.05) is 18.0 Å². The number of nitrogens with zero attached hydrogens (tertiary/aromatic N) is 2. The van der Waals surface area contributed by atoms with Crippen molar-refractivity contribution < 1.29 is 14.0 Å². The second-order valence-electron chi connectivity index (χ2n) is 5.83. The molecule has 3 rings (SSSR count). The van der Waals surface area contributed by atoms with E-state index in [9.17, 15) is 9.59 Å². The maximum atomic E-state index is 13.1. The number of unbranched alkanes of at least 4 members (excludes halogenated alkanes) is 1. The monoisotopic (exact) mass is 327 g/mol. The van der Waals surface area contributed by atoms with Gasteiger partial charge in [-0.3, -0.25) is 14.6 Å². The second-order valence-corrected chi connectivity index (χ2v) is 5.83. The van der Waals surface area contributed by atoms with E-state index in [1.54, 1.807) is 23.4 Å². The number of aromatic nitrogens is 1. The highest BCUT2D eigenvalue weighted by atomic mass is 16.3. The van der Waals surface area contributed by atoms with Crippen LogP contribution in [0.15, 0.2) is 35.2 Å². The molecule has 0 fully saturated rings. The molecule has 0 radical (unpaired) electrons. The number of amides is 2. The van der Waals surface area contributed by atoms with Crippen LogP contribution >= 0.6 is 0 Å². The lowest BCUT2D eigenvalue weighted by atomic mass is 10.1. The van der Waals surface area contributed by atoms with Crippen molar-refractivity contribution in [2.24, 2.45) is 0 Å². The fraction of sp³-hybridized carbons (Fsp3) is 0.389. The van der Waals surface area contributed by atoms with Gasteiger partial charge in [0.05, 0.1) is 23.0 Å². The van der Waals surface area contributed by atoms with E-state index in [1.165, 1.54) is 6.26 Å². The number of furan rings is 1. The van der Waals surface area contributed by atoms with Gasteiger partial charge in [0.15, 0.2) is 0 Å². The van der Waals surface area contributed by atoms with Gasteiger partial charge in [-0.1, -0.05) is 13.3 Å². The first-order valence-electron chi connectivity index (χ1n) is 8.32. The van der Waals surface area contributed by atoms with Crippen molar-refractivity contribution in [1.29, 1.82) is 0 Å². The first-order valence-corrected chi connectivity index (χ1v) is 8.32. The number of nitrogens with one attached hydrogen (secondary N) is 1. The zero-order valence-electron chi connectivity index (χ0n) is 13.7. The fourth-order valence-corrected chi connectivity index (χ4v) is 2.85. The Balaban J connectivity index is 1.96. The summed E-state index contributed by atoms with van der Waals surface area (Å²) in [6, 6.07) is 3.64. The minimum Gasteiger partial charge on any atom is -0.468 e. The SMILES string of the molecule is CCCCN(C(=O)c1coc2c1C(=O)NCCC2)c1cccnc1. The van der Waals surface area contributed by atoms with Crippen LogP contribution in [0, 0.1) is 0 Å². The largest absolute Gasteiger partial charge is 0.468 e. The Morgan fingerprint density at radius 2 is 2.33 bits per heavy atom. The van der Waals surface area contributed by atoms with E-state index in [0.29, 0.717) is 36.4 Å². The summed E-state index contributed by atoms with van der Waals surface area (Å²) in [6.07, 6.45) is 8.04. The Morgan fingerprint density at radius 1 is 1.46 bits per heavy atom. The predicted molar refractivity (Wildman–Crippen MR) is 90.2 cm³/mol. The standard InChI is InChI=1S/C18H21N3O3/c1-2-3-10-21(13-6-4-8-19-11-13)18(23)14-12-24-15-7-5-9-20-17(22)16(14)15/h4,6,8,11-12H,2-3,5,7,9-10H2,1H3,(H,20,22). The quantitative estimate of drug-likeness (QED) is 0.916. The summed E-state index contributed by atoms with van der Waals surface area (Å²) in [7, 11) is 0. The molecule has 0 aliphatic carbocycles. The van der Waals surface area contributed by atoms with Gasteiger partial charge in [-0.25, -0.2) is 0 Å². The summed E-state index contributed by atoms with van der Waals surface area (Å²) in [5.41, 5.74) is 1.42. The fourth-order valence-electron chi connectivity index (χ4n) is 2.85. The molecule has 1 aliphatic rings. The molecular formula is C18H21N3O3. The third kappa shape index (κ3) is 3.18. The number of carbonyl (C=O) groups is 2. The Bertz CT molecular complexity index is 724. The minimum atomic E-state index is -0.235. The maximum absolute atomic E-state index is 13.1. The predicted octanol–water partition coefficient (Wildman–Crippen LogP) is 2.80. The molecule has 6 heteroatoms. The Morgan fingerprint density at radius 3 is 3.08 bits per heavy atom. The van der Waals surface area contributed by atoms with Crippen molar-refractivity contribution in [3.05, 3.63) is 47.7 Å². The van der Waals surface area contributed by atoms with Crippen molar-refractivity contribution in [2.45, 2.75) is 32.6 Å². The molecule has 24 heavy (non-hydrogen) atoms. The molecule has 0 bridgehead atoms. The van der Waals surface area contributed by atoms with Crippen molar-refractivity contribution in [1.82, 2.24) is 10.3 Å². The zero-order valence-corrected chi connectivity index (χ0v) is 13.7. The van der Waals surface area contributed by atoms with Gasteiger partial charge in [0.2, 0.25) is 0 Å². The molecule has 2 amide bonds. The third-order valence-corrected chi connectivity index (χ3v) is 4.13. The molecule has 0 unspecified atom stereocenters. The average molecular weight is 327 g/mol. The molecule has 6 nitrogen and oxygen atoms in total. The summed E-state index contributed by atoms with van der Waals surface area (Å²) in [4.78, 5) is 31.2. The van der Waals surface area contributed by atoms with Gasteiger partial charge in [-0.2, -0.15) is 0 Å². The lowest BCUT2D eigenvalue weighted by Crippen LogP contribution is -2.34. The highest BCUT2D eigenvalue weighted by molar-refractivity contribution is 6.13. The Kier molecular flexibility index (Phi) is 4.93. The van der Waals surface area contributed by atoms with Crippen LogP contribution in [-0.4, -0.2) is 29.9 Å². The lowest BCUT2D eigenvalue weighted by Gasteiger charge is -2.22. The molecule has 2 aromatic rings. The molecule has 2 aromatic heterocycles. The number of rotatable bonds is 5. The van der Waals surface area contributed by atoms with E-state index in [-0.39, 0.29) is 11.8 Å². The van der Waals surface area contributed by atoms with Gasteiger partial charge in [0.1, 0.15) is 12.0 Å². The van der Waals surface area contributed by atoms with E-state index in [1.807, 2.05) is 6.07 Å². The van der Waals surface area contributed by atoms with Gasteiger partial charge in [0.25, 0.3) is 11.8 Å². The maximum Gasteiger partial charge on any atom is 0.262 e. The molecule has 126 valence electrons. The van der Waals surface area contributed by atoms with E-state index < -0.39 is 0 Å². The number of pyridine rings is 1. The van der Waals surface area contributed by atoms with Crippen LogP contribution in [0.25, 0.3) is 0 Å². The number of hydrogen-bond acceptors (Lipinski definition) is 4. The molecule has 0 atom stereocenters. The molecular weight excluding hydrogens is 306 g/mol. The van der Waals surface area contributed by atoms with Gasteiger partial charge in [0, 0.05) is 25.7 Å². The number of hydrogen-bond donors (Lipinski definition) is 1. The van der Waals surface area contributed by atoms with Gasteiger partial charge >= 0.3 is 0 Å². The van der Waals surface area contributed by atoms with E-state index in [2.05, 4.69) is 17.2 Å². The van der Waals surface area contributed by atoms with Crippen molar-refractivity contribution in [3.8, 4) is 0 Å². The first-order chi connectivity index (χ1) is 11.7. The molecule has 0 saturated heterocycles. The highest BCUT2D eigenvalue weighted by Gasteiger charge is 2.29. The molecule has 3 heterocycles. The van der Waals surface area contributed by atoms with Crippen LogP contribution in [0.2, 0.25) is 0 Å². The number of carbonyl (C=O) groups excluding carboxylic acids is 2. The second kappa shape index (κ2) is 7.29. The molecule has 1 aliphatic heterocycles. The summed E-state index contributed by atoms with van der Waals surface area (Å²) < 4.78 is 5.53. The van der Waals surface area contributed by atoms with Crippen LogP contribution < -0.4 is 10.2 Å². The Labute approximate surface area is 140 Å². The Hall–Kier alpha value is -2.63. The zero-order chi connectivity index (χ0) is 16.9. The number of anilines is 1. The van der Waals surface area contributed by atoms with Crippen LogP contribution in [0.4, 0.5) is 5.69 Å². The van der Waals surface area contributed by atoms with Crippen LogP contribution in [0.5, 0.6) is 0 Å². The number of aryl methyl sites for hydroxylation is 1. The third-order valence-electron chi connectivity index (χ3n) is 4.13. The summed E-state index contributed by atoms with van der Waals surface area (Å²) in [5.74, 6) is 0.134. The molecule has 0 saturated carbocycles. The molecule has 0 spiro atoms. The van der Waals surface area contributed by atoms with Gasteiger partial charge in [-0.15, -0.1) is 0 Å². The lowest BCUT2D eigenvalue weighted by molar-refractivity contribution is 0.0935. The van der Waals surface area contributed by atoms with Crippen LogP contribution in [0.3, 0.4) is 0 Å². The smallest absolute Gasteiger partial charge is 0.262 e. The van der Waals surface area contributed by atoms with Crippen molar-refractivity contribution in [3.63, 3.8) is 0 Å². The van der Waals surface area contributed by atoms with Gasteiger partial charge < -0.3 is 14.6 Å².